The van der Waals surface area contributed by atoms with E-state index in [9.17, 15) is 9.59 Å². The Morgan fingerprint density at radius 2 is 1.89 bits per heavy atom. The summed E-state index contributed by atoms with van der Waals surface area (Å²) in [6.07, 6.45) is 0.195. The zero-order chi connectivity index (χ0) is 14.4. The number of methoxy groups -OCH3 is 1. The van der Waals surface area contributed by atoms with E-state index in [0.717, 1.165) is 5.56 Å². The lowest BCUT2D eigenvalue weighted by Crippen LogP contribution is -2.36. The first kappa shape index (κ1) is 15.2. The van der Waals surface area contributed by atoms with Gasteiger partial charge >= 0.3 is 5.97 Å². The van der Waals surface area contributed by atoms with Crippen LogP contribution in [0.1, 0.15) is 29.3 Å². The molecule has 0 fully saturated rings. The minimum atomic E-state index is -0.957. The van der Waals surface area contributed by atoms with Gasteiger partial charge in [0.1, 0.15) is 6.10 Å². The predicted octanol–water partition coefficient (Wildman–Crippen LogP) is 1.77. The van der Waals surface area contributed by atoms with Crippen molar-refractivity contribution >= 4 is 11.9 Å². The third-order valence-corrected chi connectivity index (χ3v) is 2.93. The molecular formula is C14H19NO4. The van der Waals surface area contributed by atoms with E-state index >= 15 is 0 Å². The molecule has 0 radical (unpaired) electrons. The summed E-state index contributed by atoms with van der Waals surface area (Å²) in [4.78, 5) is 24.3. The molecule has 0 aliphatic rings. The van der Waals surface area contributed by atoms with Crippen LogP contribution in [0.5, 0.6) is 0 Å². The molecule has 0 aliphatic heterocycles. The van der Waals surface area contributed by atoms with Crippen LogP contribution in [0.25, 0.3) is 0 Å². The molecule has 104 valence electrons. The largest absolute Gasteiger partial charge is 0.478 e. The summed E-state index contributed by atoms with van der Waals surface area (Å²) in [5, 5.41) is 8.80. The number of carboxylic acids is 1. The van der Waals surface area contributed by atoms with E-state index in [-0.39, 0.29) is 11.5 Å². The van der Waals surface area contributed by atoms with Gasteiger partial charge in [0.25, 0.3) is 5.91 Å². The number of rotatable bonds is 6. The van der Waals surface area contributed by atoms with Crippen molar-refractivity contribution in [3.05, 3.63) is 35.4 Å². The van der Waals surface area contributed by atoms with E-state index in [4.69, 9.17) is 9.84 Å². The molecule has 1 aromatic rings. The number of likely N-dealkylation sites (N-methyl/N-ethyl adjacent to an activating group) is 1. The number of aromatic carboxylic acids is 1. The number of benzene rings is 1. The topological polar surface area (TPSA) is 66.8 Å². The fourth-order valence-electron chi connectivity index (χ4n) is 1.79. The van der Waals surface area contributed by atoms with Crippen molar-refractivity contribution in [2.45, 2.75) is 26.0 Å². The molecule has 0 spiro atoms. The standard InChI is InChI=1S/C14H19NO4/c1-4-12(19-3)13(16)15(2)9-10-5-7-11(8-6-10)14(17)18/h5-8,12H,4,9H2,1-3H3,(H,17,18). The number of carboxylic acid groups (broad SMARTS) is 1. The Bertz CT molecular complexity index is 437. The van der Waals surface area contributed by atoms with Crippen molar-refractivity contribution in [1.82, 2.24) is 4.90 Å². The molecule has 1 atom stereocenters. The van der Waals surface area contributed by atoms with Crippen molar-refractivity contribution in [1.29, 1.82) is 0 Å². The zero-order valence-electron chi connectivity index (χ0n) is 11.4. The van der Waals surface area contributed by atoms with E-state index in [1.54, 1.807) is 24.1 Å². The maximum Gasteiger partial charge on any atom is 0.335 e. The molecular weight excluding hydrogens is 246 g/mol. The number of hydrogen-bond acceptors (Lipinski definition) is 3. The summed E-state index contributed by atoms with van der Waals surface area (Å²) < 4.78 is 5.10. The molecule has 0 bridgehead atoms. The zero-order valence-corrected chi connectivity index (χ0v) is 11.4. The van der Waals surface area contributed by atoms with Crippen molar-refractivity contribution in [2.75, 3.05) is 14.2 Å². The first-order chi connectivity index (χ1) is 8.99. The predicted molar refractivity (Wildman–Crippen MR) is 71.0 cm³/mol. The lowest BCUT2D eigenvalue weighted by Gasteiger charge is -2.22. The number of ether oxygens (including phenoxy) is 1. The quantitative estimate of drug-likeness (QED) is 0.851. The van der Waals surface area contributed by atoms with Crippen LogP contribution in [0.15, 0.2) is 24.3 Å². The third-order valence-electron chi connectivity index (χ3n) is 2.93. The summed E-state index contributed by atoms with van der Waals surface area (Å²) in [5.74, 6) is -1.03. The van der Waals surface area contributed by atoms with Crippen LogP contribution in [-0.4, -0.2) is 42.1 Å². The van der Waals surface area contributed by atoms with Crippen LogP contribution in [0.2, 0.25) is 0 Å². The summed E-state index contributed by atoms with van der Waals surface area (Å²) in [6.45, 7) is 2.32. The van der Waals surface area contributed by atoms with Crippen LogP contribution in [-0.2, 0) is 16.1 Å². The van der Waals surface area contributed by atoms with Gasteiger partial charge in [-0.1, -0.05) is 19.1 Å². The first-order valence-electron chi connectivity index (χ1n) is 6.09. The van der Waals surface area contributed by atoms with Gasteiger partial charge in [-0.3, -0.25) is 4.79 Å². The minimum Gasteiger partial charge on any atom is -0.478 e. The number of hydrogen-bond donors (Lipinski definition) is 1. The maximum absolute atomic E-state index is 12.0. The van der Waals surface area contributed by atoms with Crippen LogP contribution in [0, 0.1) is 0 Å². The Morgan fingerprint density at radius 3 is 2.32 bits per heavy atom. The smallest absolute Gasteiger partial charge is 0.335 e. The number of nitrogens with zero attached hydrogens (tertiary/aromatic N) is 1. The summed E-state index contributed by atoms with van der Waals surface area (Å²) in [5.41, 5.74) is 1.12. The van der Waals surface area contributed by atoms with Gasteiger partial charge in [0.2, 0.25) is 0 Å². The van der Waals surface area contributed by atoms with Crippen LogP contribution < -0.4 is 0 Å². The van der Waals surface area contributed by atoms with Gasteiger partial charge in [-0.2, -0.15) is 0 Å². The van der Waals surface area contributed by atoms with Crippen molar-refractivity contribution in [2.24, 2.45) is 0 Å². The molecule has 5 heteroatoms. The minimum absolute atomic E-state index is 0.0766. The molecule has 1 aromatic carbocycles. The monoisotopic (exact) mass is 265 g/mol. The molecule has 1 rings (SSSR count). The Labute approximate surface area is 112 Å². The normalized spacial score (nSPS) is 11.9. The second-order valence-electron chi connectivity index (χ2n) is 4.33. The van der Waals surface area contributed by atoms with Crippen LogP contribution in [0.4, 0.5) is 0 Å². The maximum atomic E-state index is 12.0. The fraction of sp³-hybridized carbons (Fsp3) is 0.429. The van der Waals surface area contributed by atoms with E-state index in [0.29, 0.717) is 13.0 Å². The summed E-state index contributed by atoms with van der Waals surface area (Å²) >= 11 is 0. The van der Waals surface area contributed by atoms with Gasteiger partial charge in [0.05, 0.1) is 5.56 Å². The average Bonchev–Trinajstić information content (AvgIpc) is 2.40. The molecule has 1 N–H and O–H groups in total. The summed E-state index contributed by atoms with van der Waals surface area (Å²) in [7, 11) is 3.22. The van der Waals surface area contributed by atoms with Crippen molar-refractivity contribution in [3.8, 4) is 0 Å². The summed E-state index contributed by atoms with van der Waals surface area (Å²) in [6, 6.07) is 6.48. The van der Waals surface area contributed by atoms with Gasteiger partial charge in [0, 0.05) is 20.7 Å². The van der Waals surface area contributed by atoms with E-state index in [1.165, 1.54) is 19.2 Å². The number of carbonyl (C=O) groups excluding carboxylic acids is 1. The highest BCUT2D eigenvalue weighted by atomic mass is 16.5. The Kier molecular flexibility index (Phi) is 5.51. The van der Waals surface area contributed by atoms with E-state index in [1.807, 2.05) is 6.92 Å². The molecule has 1 amide bonds. The van der Waals surface area contributed by atoms with Gasteiger partial charge < -0.3 is 14.7 Å². The SMILES string of the molecule is CCC(OC)C(=O)N(C)Cc1ccc(C(=O)O)cc1. The molecule has 5 nitrogen and oxygen atoms in total. The molecule has 0 saturated carbocycles. The fourth-order valence-corrected chi connectivity index (χ4v) is 1.79. The molecule has 19 heavy (non-hydrogen) atoms. The lowest BCUT2D eigenvalue weighted by atomic mass is 10.1. The van der Waals surface area contributed by atoms with Gasteiger partial charge in [0.15, 0.2) is 0 Å². The van der Waals surface area contributed by atoms with Crippen molar-refractivity contribution < 1.29 is 19.4 Å². The molecule has 1 unspecified atom stereocenters. The van der Waals surface area contributed by atoms with E-state index in [2.05, 4.69) is 0 Å². The number of amides is 1. The number of carbonyl (C=O) groups is 2. The molecule has 0 saturated heterocycles. The second-order valence-corrected chi connectivity index (χ2v) is 4.33. The lowest BCUT2D eigenvalue weighted by molar-refractivity contribution is -0.141. The highest BCUT2D eigenvalue weighted by molar-refractivity contribution is 5.87. The highest BCUT2D eigenvalue weighted by Crippen LogP contribution is 2.09. The van der Waals surface area contributed by atoms with Gasteiger partial charge in [-0.15, -0.1) is 0 Å². The third kappa shape index (κ3) is 4.06. The van der Waals surface area contributed by atoms with Gasteiger partial charge in [-0.05, 0) is 24.1 Å². The van der Waals surface area contributed by atoms with Crippen molar-refractivity contribution in [3.63, 3.8) is 0 Å². The highest BCUT2D eigenvalue weighted by Gasteiger charge is 2.19. The molecule has 0 heterocycles. The Morgan fingerprint density at radius 1 is 1.32 bits per heavy atom. The van der Waals surface area contributed by atoms with Gasteiger partial charge in [-0.25, -0.2) is 4.79 Å². The van der Waals surface area contributed by atoms with Crippen LogP contribution in [0.3, 0.4) is 0 Å². The second kappa shape index (κ2) is 6.89. The van der Waals surface area contributed by atoms with Crippen LogP contribution >= 0.6 is 0 Å². The molecule has 0 aliphatic carbocycles. The Balaban J connectivity index is 2.68. The first-order valence-corrected chi connectivity index (χ1v) is 6.09. The van der Waals surface area contributed by atoms with E-state index < -0.39 is 12.1 Å². The average molecular weight is 265 g/mol. The Hall–Kier alpha value is -1.88. The molecule has 0 aromatic heterocycles.